The quantitative estimate of drug-likeness (QED) is 0.815. The first-order valence-corrected chi connectivity index (χ1v) is 7.53. The summed E-state index contributed by atoms with van der Waals surface area (Å²) in [6.07, 6.45) is 2.84. The fraction of sp³-hybridized carbons (Fsp3) is 0.235. The van der Waals surface area contributed by atoms with Crippen LogP contribution in [0.15, 0.2) is 42.6 Å². The summed E-state index contributed by atoms with van der Waals surface area (Å²) < 4.78 is 0. The van der Waals surface area contributed by atoms with Gasteiger partial charge in [-0.3, -0.25) is 10.1 Å². The van der Waals surface area contributed by atoms with Crippen molar-refractivity contribution >= 4 is 23.4 Å². The molecule has 2 heterocycles. The van der Waals surface area contributed by atoms with Crippen molar-refractivity contribution in [3.63, 3.8) is 0 Å². The van der Waals surface area contributed by atoms with E-state index in [9.17, 15) is 9.59 Å². The highest BCUT2D eigenvalue weighted by Gasteiger charge is 2.17. The van der Waals surface area contributed by atoms with Crippen LogP contribution in [0, 0.1) is 0 Å². The van der Waals surface area contributed by atoms with Crippen LogP contribution in [-0.4, -0.2) is 16.9 Å². The minimum Gasteiger partial charge on any atom is -0.331 e. The number of amides is 3. The van der Waals surface area contributed by atoms with Crippen LogP contribution in [0.5, 0.6) is 0 Å². The monoisotopic (exact) mass is 310 g/mol. The lowest BCUT2D eigenvalue weighted by atomic mass is 9.98. The predicted octanol–water partition coefficient (Wildman–Crippen LogP) is 2.85. The Morgan fingerprint density at radius 1 is 1.26 bits per heavy atom. The molecule has 1 aliphatic heterocycles. The SMILES string of the molecule is C[C@@H](NC(=O)Nc1ccccn1)c1ccc2c(c1)CCC(=O)N2. The minimum atomic E-state index is -0.303. The number of hydrogen-bond acceptors (Lipinski definition) is 3. The van der Waals surface area contributed by atoms with Crippen molar-refractivity contribution < 1.29 is 9.59 Å². The molecule has 23 heavy (non-hydrogen) atoms. The van der Waals surface area contributed by atoms with Crippen LogP contribution in [0.1, 0.15) is 30.5 Å². The minimum absolute atomic E-state index is 0.0474. The summed E-state index contributed by atoms with van der Waals surface area (Å²) in [5, 5.41) is 8.43. The van der Waals surface area contributed by atoms with Crippen molar-refractivity contribution in [2.24, 2.45) is 0 Å². The van der Waals surface area contributed by atoms with Gasteiger partial charge in [0.2, 0.25) is 5.91 Å². The van der Waals surface area contributed by atoms with Crippen molar-refractivity contribution in [3.8, 4) is 0 Å². The highest BCUT2D eigenvalue weighted by molar-refractivity contribution is 5.94. The largest absolute Gasteiger partial charge is 0.331 e. The first-order chi connectivity index (χ1) is 11.1. The molecule has 118 valence electrons. The Morgan fingerprint density at radius 3 is 2.91 bits per heavy atom. The van der Waals surface area contributed by atoms with E-state index in [0.29, 0.717) is 12.2 Å². The molecule has 2 aromatic rings. The van der Waals surface area contributed by atoms with Crippen LogP contribution in [-0.2, 0) is 11.2 Å². The standard InChI is InChI=1S/C17H18N4O2/c1-11(19-17(23)21-15-4-2-3-9-18-15)12-5-7-14-13(10-12)6-8-16(22)20-14/h2-5,7,9-11H,6,8H2,1H3,(H,20,22)(H2,18,19,21,23)/t11-/m1/s1. The lowest BCUT2D eigenvalue weighted by Crippen LogP contribution is -2.31. The summed E-state index contributed by atoms with van der Waals surface area (Å²) in [4.78, 5) is 27.4. The smallest absolute Gasteiger partial charge is 0.320 e. The molecule has 1 aromatic heterocycles. The zero-order valence-electron chi connectivity index (χ0n) is 12.8. The van der Waals surface area contributed by atoms with Gasteiger partial charge in [0.05, 0.1) is 6.04 Å². The number of aromatic nitrogens is 1. The van der Waals surface area contributed by atoms with E-state index in [4.69, 9.17) is 0 Å². The molecule has 1 aromatic carbocycles. The molecule has 3 amide bonds. The number of hydrogen-bond donors (Lipinski definition) is 3. The Hall–Kier alpha value is -2.89. The van der Waals surface area contributed by atoms with Crippen LogP contribution in [0.4, 0.5) is 16.3 Å². The number of rotatable bonds is 3. The summed E-state index contributed by atoms with van der Waals surface area (Å²) >= 11 is 0. The summed E-state index contributed by atoms with van der Waals surface area (Å²) in [7, 11) is 0. The molecule has 1 aliphatic rings. The van der Waals surface area contributed by atoms with Gasteiger partial charge in [0.25, 0.3) is 0 Å². The lowest BCUT2D eigenvalue weighted by molar-refractivity contribution is -0.116. The first-order valence-electron chi connectivity index (χ1n) is 7.53. The molecule has 3 N–H and O–H groups in total. The van der Waals surface area contributed by atoms with E-state index in [1.165, 1.54) is 0 Å². The highest BCUT2D eigenvalue weighted by atomic mass is 16.2. The topological polar surface area (TPSA) is 83.1 Å². The van der Waals surface area contributed by atoms with Gasteiger partial charge in [0.1, 0.15) is 5.82 Å². The van der Waals surface area contributed by atoms with Gasteiger partial charge in [-0.1, -0.05) is 18.2 Å². The maximum Gasteiger partial charge on any atom is 0.320 e. The van der Waals surface area contributed by atoms with Crippen molar-refractivity contribution in [1.82, 2.24) is 10.3 Å². The van der Waals surface area contributed by atoms with E-state index < -0.39 is 0 Å². The van der Waals surface area contributed by atoms with Crippen LogP contribution in [0.2, 0.25) is 0 Å². The van der Waals surface area contributed by atoms with Crippen LogP contribution in [0.25, 0.3) is 0 Å². The number of carbonyl (C=O) groups is 2. The Morgan fingerprint density at radius 2 is 2.13 bits per heavy atom. The third-order valence-corrected chi connectivity index (χ3v) is 3.78. The van der Waals surface area contributed by atoms with Crippen LogP contribution >= 0.6 is 0 Å². The average Bonchev–Trinajstić information content (AvgIpc) is 2.55. The van der Waals surface area contributed by atoms with Crippen molar-refractivity contribution in [1.29, 1.82) is 0 Å². The molecule has 0 saturated carbocycles. The second-order valence-electron chi connectivity index (χ2n) is 5.50. The van der Waals surface area contributed by atoms with Gasteiger partial charge < -0.3 is 10.6 Å². The van der Waals surface area contributed by atoms with Gasteiger partial charge in [0, 0.05) is 18.3 Å². The number of pyridine rings is 1. The summed E-state index contributed by atoms with van der Waals surface area (Å²) in [6.45, 7) is 1.92. The first kappa shape index (κ1) is 15.0. The lowest BCUT2D eigenvalue weighted by Gasteiger charge is -2.20. The number of nitrogens with zero attached hydrogens (tertiary/aromatic N) is 1. The van der Waals surface area contributed by atoms with E-state index in [-0.39, 0.29) is 18.0 Å². The number of benzene rings is 1. The van der Waals surface area contributed by atoms with Crippen molar-refractivity contribution in [3.05, 3.63) is 53.7 Å². The molecule has 0 radical (unpaired) electrons. The van der Waals surface area contributed by atoms with E-state index in [1.54, 1.807) is 18.3 Å². The van der Waals surface area contributed by atoms with Gasteiger partial charge in [-0.15, -0.1) is 0 Å². The van der Waals surface area contributed by atoms with Gasteiger partial charge in [0.15, 0.2) is 0 Å². The predicted molar refractivity (Wildman–Crippen MR) is 88.2 cm³/mol. The normalized spacial score (nSPS) is 14.4. The Bertz CT molecular complexity index is 731. The number of aryl methyl sites for hydroxylation is 1. The third kappa shape index (κ3) is 3.66. The average molecular weight is 310 g/mol. The fourth-order valence-electron chi connectivity index (χ4n) is 2.54. The number of fused-ring (bicyclic) bond motifs is 1. The number of urea groups is 1. The molecule has 0 aliphatic carbocycles. The van der Waals surface area contributed by atoms with Crippen molar-refractivity contribution in [2.45, 2.75) is 25.8 Å². The molecule has 1 atom stereocenters. The molecule has 0 bridgehead atoms. The van der Waals surface area contributed by atoms with Crippen molar-refractivity contribution in [2.75, 3.05) is 10.6 Å². The zero-order valence-corrected chi connectivity index (χ0v) is 12.8. The molecular weight excluding hydrogens is 292 g/mol. The Kier molecular flexibility index (Phi) is 4.23. The van der Waals surface area contributed by atoms with E-state index in [1.807, 2.05) is 31.2 Å². The molecule has 0 spiro atoms. The van der Waals surface area contributed by atoms with E-state index in [0.717, 1.165) is 23.2 Å². The zero-order chi connectivity index (χ0) is 16.2. The molecule has 3 rings (SSSR count). The van der Waals surface area contributed by atoms with Gasteiger partial charge in [-0.05, 0) is 42.7 Å². The number of anilines is 2. The second kappa shape index (κ2) is 6.48. The van der Waals surface area contributed by atoms with Gasteiger partial charge >= 0.3 is 6.03 Å². The third-order valence-electron chi connectivity index (χ3n) is 3.78. The fourth-order valence-corrected chi connectivity index (χ4v) is 2.54. The Labute approximate surface area is 134 Å². The summed E-state index contributed by atoms with van der Waals surface area (Å²) in [5.41, 5.74) is 2.95. The molecule has 0 fully saturated rings. The summed E-state index contributed by atoms with van der Waals surface area (Å²) in [5.74, 6) is 0.552. The maximum atomic E-state index is 12.0. The molecule has 0 saturated heterocycles. The molecule has 6 heteroatoms. The molecular formula is C17H18N4O2. The molecule has 0 unspecified atom stereocenters. The number of carbonyl (C=O) groups excluding carboxylic acids is 2. The summed E-state index contributed by atoms with van der Waals surface area (Å²) in [6, 6.07) is 10.7. The number of nitrogens with one attached hydrogen (secondary N) is 3. The maximum absolute atomic E-state index is 12.0. The van der Waals surface area contributed by atoms with E-state index in [2.05, 4.69) is 20.9 Å². The second-order valence-corrected chi connectivity index (χ2v) is 5.50. The Balaban J connectivity index is 1.65. The van der Waals surface area contributed by atoms with Gasteiger partial charge in [-0.2, -0.15) is 0 Å². The van der Waals surface area contributed by atoms with Crippen LogP contribution < -0.4 is 16.0 Å². The van der Waals surface area contributed by atoms with Crippen LogP contribution in [0.3, 0.4) is 0 Å². The highest BCUT2D eigenvalue weighted by Crippen LogP contribution is 2.26. The van der Waals surface area contributed by atoms with E-state index >= 15 is 0 Å². The molecule has 6 nitrogen and oxygen atoms in total. The van der Waals surface area contributed by atoms with Gasteiger partial charge in [-0.25, -0.2) is 9.78 Å².